The third kappa shape index (κ3) is 1.74. The molecular formula is C14H8BrN3O4. The van der Waals surface area contributed by atoms with Crippen molar-refractivity contribution in [2.45, 2.75) is 0 Å². The fraction of sp³-hybridized carbons (Fsp3) is 0. The molecule has 0 aliphatic heterocycles. The van der Waals surface area contributed by atoms with Crippen molar-refractivity contribution < 1.29 is 14.5 Å². The maximum absolute atomic E-state index is 12.7. The summed E-state index contributed by atoms with van der Waals surface area (Å²) in [5.74, 6) is -1.23. The fourth-order valence-corrected chi connectivity index (χ4v) is 2.99. The normalized spacial score (nSPS) is 12.8. The van der Waals surface area contributed by atoms with E-state index in [1.54, 1.807) is 0 Å². The Hall–Kier alpha value is -2.74. The van der Waals surface area contributed by atoms with Crippen molar-refractivity contribution >= 4 is 44.6 Å². The first kappa shape index (κ1) is 14.2. The van der Waals surface area contributed by atoms with Crippen LogP contribution < -0.4 is 11.5 Å². The number of hydrogen-bond donors (Lipinski definition) is 2. The molecule has 2 aromatic rings. The molecule has 0 unspecified atom stereocenters. The average Bonchev–Trinajstić information content (AvgIpc) is 2.47. The average molecular weight is 362 g/mol. The second kappa shape index (κ2) is 4.63. The largest absolute Gasteiger partial charge is 0.398 e. The lowest BCUT2D eigenvalue weighted by Gasteiger charge is -2.21. The van der Waals surface area contributed by atoms with E-state index in [1.165, 1.54) is 24.3 Å². The summed E-state index contributed by atoms with van der Waals surface area (Å²) in [6.45, 7) is 0. The molecule has 0 heterocycles. The van der Waals surface area contributed by atoms with E-state index in [-0.39, 0.29) is 33.6 Å². The molecule has 8 heteroatoms. The van der Waals surface area contributed by atoms with Crippen LogP contribution in [0.1, 0.15) is 31.8 Å². The Kier molecular flexibility index (Phi) is 2.99. The van der Waals surface area contributed by atoms with Crippen LogP contribution in [-0.4, -0.2) is 16.5 Å². The van der Waals surface area contributed by atoms with E-state index in [2.05, 4.69) is 15.9 Å². The van der Waals surface area contributed by atoms with Gasteiger partial charge in [-0.25, -0.2) is 0 Å². The molecule has 0 aromatic heterocycles. The monoisotopic (exact) mass is 361 g/mol. The van der Waals surface area contributed by atoms with E-state index < -0.39 is 22.2 Å². The quantitative estimate of drug-likeness (QED) is 0.388. The molecule has 1 aliphatic rings. The highest BCUT2D eigenvalue weighted by Crippen LogP contribution is 2.40. The molecule has 3 rings (SSSR count). The minimum absolute atomic E-state index is 0.0233. The molecule has 0 radical (unpaired) electrons. The van der Waals surface area contributed by atoms with Gasteiger partial charge in [-0.05, 0) is 28.1 Å². The highest BCUT2D eigenvalue weighted by Gasteiger charge is 2.38. The summed E-state index contributed by atoms with van der Waals surface area (Å²) in [6.07, 6.45) is 0. The Balaban J connectivity index is 2.43. The summed E-state index contributed by atoms with van der Waals surface area (Å²) in [5.41, 5.74) is 11.0. The maximum Gasteiger partial charge on any atom is 0.281 e. The standard InChI is InChI=1S/C14H8BrN3O4/c15-6-4-7(16)10-11(12(6)17)13(19)5-2-1-3-8(18(21)22)9(5)14(10)20/h1-4H,16-17H2. The van der Waals surface area contributed by atoms with Gasteiger partial charge in [0.2, 0.25) is 5.78 Å². The molecule has 0 saturated carbocycles. The molecule has 0 amide bonds. The molecule has 0 bridgehead atoms. The number of benzene rings is 2. The number of nitrogens with two attached hydrogens (primary N) is 2. The lowest BCUT2D eigenvalue weighted by atomic mass is 9.81. The molecule has 4 N–H and O–H groups in total. The molecule has 0 spiro atoms. The predicted molar refractivity (Wildman–Crippen MR) is 82.9 cm³/mol. The number of nitro groups is 1. The summed E-state index contributed by atoms with van der Waals surface area (Å²) in [4.78, 5) is 35.7. The topological polar surface area (TPSA) is 129 Å². The first-order chi connectivity index (χ1) is 10.3. The van der Waals surface area contributed by atoms with Gasteiger partial charge in [0.1, 0.15) is 5.56 Å². The number of nitro benzene ring substituents is 1. The van der Waals surface area contributed by atoms with E-state index in [9.17, 15) is 19.7 Å². The zero-order valence-electron chi connectivity index (χ0n) is 10.9. The lowest BCUT2D eigenvalue weighted by Crippen LogP contribution is -2.25. The Bertz CT molecular complexity index is 892. The third-order valence-corrected chi connectivity index (χ3v) is 4.17. The van der Waals surface area contributed by atoms with Crippen molar-refractivity contribution in [3.63, 3.8) is 0 Å². The SMILES string of the molecule is Nc1cc(Br)c(N)c2c1C(=O)c1c(cccc1[N+](=O)[O-])C2=O. The van der Waals surface area contributed by atoms with Gasteiger partial charge in [-0.3, -0.25) is 19.7 Å². The summed E-state index contributed by atoms with van der Waals surface area (Å²) in [6, 6.07) is 5.29. The third-order valence-electron chi connectivity index (χ3n) is 3.51. The molecule has 1 aliphatic carbocycles. The second-order valence-corrected chi connectivity index (χ2v) is 5.58. The van der Waals surface area contributed by atoms with Gasteiger partial charge in [0.15, 0.2) is 5.78 Å². The number of rotatable bonds is 1. The second-order valence-electron chi connectivity index (χ2n) is 4.73. The summed E-state index contributed by atoms with van der Waals surface area (Å²) in [7, 11) is 0. The van der Waals surface area contributed by atoms with Crippen molar-refractivity contribution in [3.8, 4) is 0 Å². The maximum atomic E-state index is 12.7. The number of nitrogens with zero attached hydrogens (tertiary/aromatic N) is 1. The molecule has 0 saturated heterocycles. The molecular weight excluding hydrogens is 354 g/mol. The summed E-state index contributed by atoms with van der Waals surface area (Å²) in [5, 5.41) is 11.1. The number of halogens is 1. The van der Waals surface area contributed by atoms with Crippen LogP contribution in [0.2, 0.25) is 0 Å². The van der Waals surface area contributed by atoms with Gasteiger partial charge in [-0.1, -0.05) is 6.07 Å². The van der Waals surface area contributed by atoms with Crippen molar-refractivity contribution in [3.05, 3.63) is 61.1 Å². The number of hydrogen-bond acceptors (Lipinski definition) is 6. The van der Waals surface area contributed by atoms with Gasteiger partial charge in [0, 0.05) is 21.8 Å². The van der Waals surface area contributed by atoms with Crippen LogP contribution in [0.5, 0.6) is 0 Å². The van der Waals surface area contributed by atoms with E-state index in [1.807, 2.05) is 0 Å². The fourth-order valence-electron chi connectivity index (χ4n) is 2.55. The minimum Gasteiger partial charge on any atom is -0.398 e. The van der Waals surface area contributed by atoms with Gasteiger partial charge >= 0.3 is 0 Å². The van der Waals surface area contributed by atoms with Crippen LogP contribution in [0.25, 0.3) is 0 Å². The number of ketones is 2. The van der Waals surface area contributed by atoms with Crippen LogP contribution in [-0.2, 0) is 0 Å². The van der Waals surface area contributed by atoms with Crippen LogP contribution in [0.3, 0.4) is 0 Å². The van der Waals surface area contributed by atoms with E-state index in [4.69, 9.17) is 11.5 Å². The summed E-state index contributed by atoms with van der Waals surface area (Å²) < 4.78 is 0.388. The molecule has 22 heavy (non-hydrogen) atoms. The summed E-state index contributed by atoms with van der Waals surface area (Å²) >= 11 is 3.17. The van der Waals surface area contributed by atoms with Crippen molar-refractivity contribution in [1.82, 2.24) is 0 Å². The highest BCUT2D eigenvalue weighted by molar-refractivity contribution is 9.10. The molecule has 0 atom stereocenters. The number of anilines is 2. The van der Waals surface area contributed by atoms with E-state index in [0.29, 0.717) is 4.47 Å². The molecule has 2 aromatic carbocycles. The van der Waals surface area contributed by atoms with Gasteiger partial charge < -0.3 is 11.5 Å². The van der Waals surface area contributed by atoms with Gasteiger partial charge in [-0.2, -0.15) is 0 Å². The van der Waals surface area contributed by atoms with Crippen LogP contribution in [0.4, 0.5) is 17.1 Å². The molecule has 110 valence electrons. The van der Waals surface area contributed by atoms with Crippen molar-refractivity contribution in [2.75, 3.05) is 11.5 Å². The van der Waals surface area contributed by atoms with Crippen molar-refractivity contribution in [2.24, 2.45) is 0 Å². The first-order valence-corrected chi connectivity index (χ1v) is 6.88. The molecule has 0 fully saturated rings. The van der Waals surface area contributed by atoms with Gasteiger partial charge in [0.05, 0.1) is 21.7 Å². The zero-order valence-corrected chi connectivity index (χ0v) is 12.5. The Morgan fingerprint density at radius 1 is 1.05 bits per heavy atom. The number of nitrogen functional groups attached to an aromatic ring is 2. The number of carbonyl (C=O) groups is 2. The highest BCUT2D eigenvalue weighted by atomic mass is 79.9. The van der Waals surface area contributed by atoms with Gasteiger partial charge in [0.25, 0.3) is 5.69 Å². The number of fused-ring (bicyclic) bond motifs is 2. The van der Waals surface area contributed by atoms with Crippen molar-refractivity contribution in [1.29, 1.82) is 0 Å². The van der Waals surface area contributed by atoms with Crippen LogP contribution in [0.15, 0.2) is 28.7 Å². The first-order valence-electron chi connectivity index (χ1n) is 6.08. The number of carbonyl (C=O) groups excluding carboxylic acids is 2. The Labute approximate surface area is 132 Å². The minimum atomic E-state index is -0.701. The zero-order chi connectivity index (χ0) is 16.2. The lowest BCUT2D eigenvalue weighted by molar-refractivity contribution is -0.385. The van der Waals surface area contributed by atoms with E-state index in [0.717, 1.165) is 0 Å². The van der Waals surface area contributed by atoms with Crippen LogP contribution >= 0.6 is 15.9 Å². The Morgan fingerprint density at radius 3 is 2.36 bits per heavy atom. The van der Waals surface area contributed by atoms with Crippen LogP contribution in [0, 0.1) is 10.1 Å². The smallest absolute Gasteiger partial charge is 0.281 e. The van der Waals surface area contributed by atoms with E-state index >= 15 is 0 Å². The molecule has 7 nitrogen and oxygen atoms in total. The van der Waals surface area contributed by atoms with Gasteiger partial charge in [-0.15, -0.1) is 0 Å². The predicted octanol–water partition coefficient (Wildman–Crippen LogP) is 2.30. The Morgan fingerprint density at radius 2 is 1.73 bits per heavy atom.